The molecule has 0 aliphatic carbocycles. The molecule has 0 radical (unpaired) electrons. The lowest BCUT2D eigenvalue weighted by atomic mass is 9.98. The Kier molecular flexibility index (Phi) is 4.04. The van der Waals surface area contributed by atoms with Crippen molar-refractivity contribution in [1.82, 2.24) is 9.80 Å². The number of nitrogens with zero attached hydrogens (tertiary/aromatic N) is 2. The second-order valence-electron chi connectivity index (χ2n) is 5.07. The molecule has 2 heterocycles. The van der Waals surface area contributed by atoms with Crippen LogP contribution in [-0.2, 0) is 14.4 Å². The Labute approximate surface area is 110 Å². The third-order valence-electron chi connectivity index (χ3n) is 3.59. The number of carbonyl (C=O) groups is 3. The molecule has 2 rings (SSSR count). The number of fused-ring (bicyclic) bond motifs is 1. The summed E-state index contributed by atoms with van der Waals surface area (Å²) in [7, 11) is 0. The van der Waals surface area contributed by atoms with Crippen LogP contribution in [0.15, 0.2) is 0 Å². The zero-order chi connectivity index (χ0) is 14.0. The SMILES string of the molecule is O=C(O)CC(O)CN1CC(=O)N2CCCCC2C1=O. The number of amides is 2. The van der Waals surface area contributed by atoms with E-state index in [9.17, 15) is 19.5 Å². The molecule has 2 fully saturated rings. The number of aliphatic hydroxyl groups excluding tert-OH is 1. The lowest BCUT2D eigenvalue weighted by molar-refractivity contribution is -0.159. The van der Waals surface area contributed by atoms with Gasteiger partial charge in [-0.3, -0.25) is 14.4 Å². The molecule has 0 aromatic heterocycles. The molecule has 0 spiro atoms. The highest BCUT2D eigenvalue weighted by Crippen LogP contribution is 2.23. The summed E-state index contributed by atoms with van der Waals surface area (Å²) in [6.07, 6.45) is 0.912. The summed E-state index contributed by atoms with van der Waals surface area (Å²) in [5.74, 6) is -1.42. The van der Waals surface area contributed by atoms with E-state index in [1.807, 2.05) is 0 Å². The smallest absolute Gasteiger partial charge is 0.306 e. The van der Waals surface area contributed by atoms with Gasteiger partial charge in [0.15, 0.2) is 0 Å². The molecule has 0 aromatic rings. The van der Waals surface area contributed by atoms with Crippen LogP contribution in [0.1, 0.15) is 25.7 Å². The standard InChI is InChI=1S/C12H18N2O5/c15-8(5-11(17)18)6-13-7-10(16)14-4-2-1-3-9(14)12(13)19/h8-9,15H,1-7H2,(H,17,18). The van der Waals surface area contributed by atoms with Crippen molar-refractivity contribution < 1.29 is 24.6 Å². The first-order valence-corrected chi connectivity index (χ1v) is 6.47. The molecular weight excluding hydrogens is 252 g/mol. The van der Waals surface area contributed by atoms with Gasteiger partial charge in [0, 0.05) is 13.1 Å². The van der Waals surface area contributed by atoms with Crippen LogP contribution in [0.5, 0.6) is 0 Å². The highest BCUT2D eigenvalue weighted by Gasteiger charge is 2.40. The molecule has 2 N–H and O–H groups in total. The number of piperidine rings is 1. The molecule has 0 aromatic carbocycles. The molecule has 7 nitrogen and oxygen atoms in total. The van der Waals surface area contributed by atoms with Crippen molar-refractivity contribution in [2.24, 2.45) is 0 Å². The Hall–Kier alpha value is -1.63. The van der Waals surface area contributed by atoms with Crippen molar-refractivity contribution in [3.05, 3.63) is 0 Å². The van der Waals surface area contributed by atoms with Crippen LogP contribution in [-0.4, -0.2) is 69.6 Å². The Morgan fingerprint density at radius 2 is 2.11 bits per heavy atom. The zero-order valence-corrected chi connectivity index (χ0v) is 10.6. The molecule has 0 bridgehead atoms. The van der Waals surface area contributed by atoms with Gasteiger partial charge in [-0.25, -0.2) is 0 Å². The van der Waals surface area contributed by atoms with Gasteiger partial charge in [0.25, 0.3) is 0 Å². The number of β-amino-alcohol motifs (C(OH)–C–C–N with tert-alkyl or cyclic N) is 1. The fraction of sp³-hybridized carbons (Fsp3) is 0.750. The van der Waals surface area contributed by atoms with E-state index in [0.717, 1.165) is 12.8 Å². The van der Waals surface area contributed by atoms with Gasteiger partial charge in [-0.05, 0) is 19.3 Å². The van der Waals surface area contributed by atoms with Crippen molar-refractivity contribution in [1.29, 1.82) is 0 Å². The van der Waals surface area contributed by atoms with Crippen molar-refractivity contribution >= 4 is 17.8 Å². The number of carbonyl (C=O) groups excluding carboxylic acids is 2. The molecule has 0 saturated carbocycles. The predicted molar refractivity (Wildman–Crippen MR) is 64.2 cm³/mol. The van der Waals surface area contributed by atoms with E-state index in [-0.39, 0.29) is 24.9 Å². The summed E-state index contributed by atoms with van der Waals surface area (Å²) in [6, 6.07) is -0.424. The molecule has 19 heavy (non-hydrogen) atoms. The summed E-state index contributed by atoms with van der Waals surface area (Å²) in [4.78, 5) is 37.5. The lowest BCUT2D eigenvalue weighted by Crippen LogP contribution is -2.62. The van der Waals surface area contributed by atoms with Crippen LogP contribution in [0.25, 0.3) is 0 Å². The third-order valence-corrected chi connectivity index (χ3v) is 3.59. The molecule has 2 unspecified atom stereocenters. The van der Waals surface area contributed by atoms with Crippen molar-refractivity contribution in [3.63, 3.8) is 0 Å². The molecular formula is C12H18N2O5. The molecule has 2 atom stereocenters. The molecule has 2 aliphatic rings. The number of aliphatic carboxylic acids is 1. The number of rotatable bonds is 4. The minimum atomic E-state index is -1.13. The molecule has 7 heteroatoms. The minimum Gasteiger partial charge on any atom is -0.481 e. The molecule has 2 saturated heterocycles. The Bertz CT molecular complexity index is 398. The van der Waals surface area contributed by atoms with E-state index in [1.54, 1.807) is 4.90 Å². The van der Waals surface area contributed by atoms with Gasteiger partial charge in [-0.1, -0.05) is 0 Å². The number of carboxylic acid groups (broad SMARTS) is 1. The second kappa shape index (κ2) is 5.56. The Morgan fingerprint density at radius 3 is 2.79 bits per heavy atom. The van der Waals surface area contributed by atoms with Crippen molar-refractivity contribution in [2.45, 2.75) is 37.8 Å². The number of carboxylic acids is 1. The summed E-state index contributed by atoms with van der Waals surface area (Å²) in [5, 5.41) is 18.2. The average Bonchev–Trinajstić information content (AvgIpc) is 2.34. The van der Waals surface area contributed by atoms with E-state index >= 15 is 0 Å². The van der Waals surface area contributed by atoms with Gasteiger partial charge in [-0.2, -0.15) is 0 Å². The first-order valence-electron chi connectivity index (χ1n) is 6.47. The van der Waals surface area contributed by atoms with Crippen LogP contribution < -0.4 is 0 Å². The number of hydrogen-bond acceptors (Lipinski definition) is 4. The highest BCUT2D eigenvalue weighted by atomic mass is 16.4. The fourth-order valence-corrected chi connectivity index (χ4v) is 2.70. The van der Waals surface area contributed by atoms with E-state index in [0.29, 0.717) is 13.0 Å². The average molecular weight is 270 g/mol. The molecule has 2 amide bonds. The molecule has 2 aliphatic heterocycles. The number of hydrogen-bond donors (Lipinski definition) is 2. The monoisotopic (exact) mass is 270 g/mol. The summed E-state index contributed by atoms with van der Waals surface area (Å²) in [5.41, 5.74) is 0. The topological polar surface area (TPSA) is 98.2 Å². The summed E-state index contributed by atoms with van der Waals surface area (Å²) >= 11 is 0. The maximum absolute atomic E-state index is 12.2. The summed E-state index contributed by atoms with van der Waals surface area (Å²) in [6.45, 7) is 0.452. The minimum absolute atomic E-state index is 0.0635. The van der Waals surface area contributed by atoms with Crippen LogP contribution in [0, 0.1) is 0 Å². The number of aliphatic hydroxyl groups is 1. The van der Waals surface area contributed by atoms with Crippen molar-refractivity contribution in [3.8, 4) is 0 Å². The first-order chi connectivity index (χ1) is 8.99. The van der Waals surface area contributed by atoms with Gasteiger partial charge < -0.3 is 20.0 Å². The Balaban J connectivity index is 2.00. The van der Waals surface area contributed by atoms with E-state index < -0.39 is 24.5 Å². The largest absolute Gasteiger partial charge is 0.481 e. The maximum Gasteiger partial charge on any atom is 0.306 e. The van der Waals surface area contributed by atoms with Crippen LogP contribution >= 0.6 is 0 Å². The molecule has 106 valence electrons. The van der Waals surface area contributed by atoms with E-state index in [1.165, 1.54) is 4.90 Å². The van der Waals surface area contributed by atoms with Gasteiger partial charge in [0.2, 0.25) is 11.8 Å². The normalized spacial score (nSPS) is 25.2. The fourth-order valence-electron chi connectivity index (χ4n) is 2.70. The maximum atomic E-state index is 12.2. The van der Waals surface area contributed by atoms with Crippen LogP contribution in [0.4, 0.5) is 0 Å². The summed E-state index contributed by atoms with van der Waals surface area (Å²) < 4.78 is 0. The van der Waals surface area contributed by atoms with Gasteiger partial charge in [-0.15, -0.1) is 0 Å². The quantitative estimate of drug-likeness (QED) is 0.686. The Morgan fingerprint density at radius 1 is 1.37 bits per heavy atom. The van der Waals surface area contributed by atoms with Gasteiger partial charge in [0.05, 0.1) is 19.1 Å². The predicted octanol–water partition coefficient (Wildman–Crippen LogP) is -0.955. The van der Waals surface area contributed by atoms with Crippen LogP contribution in [0.2, 0.25) is 0 Å². The first kappa shape index (κ1) is 13.8. The van der Waals surface area contributed by atoms with Crippen molar-refractivity contribution in [2.75, 3.05) is 19.6 Å². The van der Waals surface area contributed by atoms with E-state index in [4.69, 9.17) is 5.11 Å². The van der Waals surface area contributed by atoms with Crippen LogP contribution in [0.3, 0.4) is 0 Å². The van der Waals surface area contributed by atoms with Gasteiger partial charge >= 0.3 is 5.97 Å². The highest BCUT2D eigenvalue weighted by molar-refractivity contribution is 5.95. The zero-order valence-electron chi connectivity index (χ0n) is 10.6. The lowest BCUT2D eigenvalue weighted by Gasteiger charge is -2.43. The van der Waals surface area contributed by atoms with Gasteiger partial charge in [0.1, 0.15) is 6.04 Å². The number of piperazine rings is 1. The van der Waals surface area contributed by atoms with E-state index in [2.05, 4.69) is 0 Å². The third kappa shape index (κ3) is 3.04. The second-order valence-corrected chi connectivity index (χ2v) is 5.07.